The summed E-state index contributed by atoms with van der Waals surface area (Å²) in [6.07, 6.45) is 8.59. The maximum absolute atomic E-state index is 15.6. The molecule has 1 aliphatic heterocycles. The molecule has 1 aromatic carbocycles. The van der Waals surface area contributed by atoms with Crippen LogP contribution in [0.15, 0.2) is 39.6 Å². The van der Waals surface area contributed by atoms with Crippen LogP contribution in [-0.2, 0) is 0 Å². The fourth-order valence-corrected chi connectivity index (χ4v) is 6.17. The van der Waals surface area contributed by atoms with Crippen molar-refractivity contribution in [1.29, 1.82) is 0 Å². The maximum Gasteiger partial charge on any atom is 0.342 e. The quantitative estimate of drug-likeness (QED) is 0.468. The molecule has 2 N–H and O–H groups in total. The lowest BCUT2D eigenvalue weighted by Gasteiger charge is -2.28. The van der Waals surface area contributed by atoms with Crippen LogP contribution < -0.4 is 15.6 Å². The van der Waals surface area contributed by atoms with E-state index in [0.29, 0.717) is 46.5 Å². The smallest absolute Gasteiger partial charge is 0.342 e. The normalized spacial score (nSPS) is 23.0. The van der Waals surface area contributed by atoms with Gasteiger partial charge in [-0.2, -0.15) is 0 Å². The van der Waals surface area contributed by atoms with Crippen molar-refractivity contribution < 1.29 is 14.3 Å². The van der Waals surface area contributed by atoms with Gasteiger partial charge in [0.05, 0.1) is 16.6 Å². The number of thiazole rings is 1. The van der Waals surface area contributed by atoms with Gasteiger partial charge in [-0.1, -0.05) is 12.2 Å². The van der Waals surface area contributed by atoms with Crippen LogP contribution in [0.25, 0.3) is 15.7 Å². The summed E-state index contributed by atoms with van der Waals surface area (Å²) >= 11 is 1.17. The molecule has 7 nitrogen and oxygen atoms in total. The van der Waals surface area contributed by atoms with Gasteiger partial charge < -0.3 is 19.7 Å². The van der Waals surface area contributed by atoms with Gasteiger partial charge in [0.2, 0.25) is 5.43 Å². The summed E-state index contributed by atoms with van der Waals surface area (Å²) in [4.78, 5) is 31.4. The van der Waals surface area contributed by atoms with E-state index in [-0.39, 0.29) is 17.0 Å². The first-order valence-corrected chi connectivity index (χ1v) is 11.4. The fraction of sp³-hybridized carbons (Fsp3) is 0.348. The molecular weight excluding hydrogens is 431 g/mol. The van der Waals surface area contributed by atoms with Crippen molar-refractivity contribution in [2.75, 3.05) is 32.1 Å². The van der Waals surface area contributed by atoms with E-state index < -0.39 is 17.2 Å². The molecular formula is C23H23FN4O3S. The Kier molecular flexibility index (Phi) is 5.10. The number of pyridine rings is 1. The van der Waals surface area contributed by atoms with E-state index in [2.05, 4.69) is 22.5 Å². The Balaban J connectivity index is 1.78. The van der Waals surface area contributed by atoms with Crippen LogP contribution in [0.2, 0.25) is 0 Å². The number of fused-ring (bicyclic) bond motifs is 4. The first-order valence-electron chi connectivity index (χ1n) is 10.5. The van der Waals surface area contributed by atoms with E-state index in [9.17, 15) is 14.7 Å². The molecule has 5 rings (SSSR count). The number of allylic oxidation sites excluding steroid dienone is 1. The Morgan fingerprint density at radius 1 is 1.41 bits per heavy atom. The van der Waals surface area contributed by atoms with Crippen LogP contribution in [0.5, 0.6) is 0 Å². The number of aromatic carboxylic acids is 1. The van der Waals surface area contributed by atoms with Gasteiger partial charge in [-0.05, 0) is 25.5 Å². The van der Waals surface area contributed by atoms with Crippen LogP contribution in [0, 0.1) is 17.7 Å². The Bertz CT molecular complexity index is 1360. The predicted molar refractivity (Wildman–Crippen MR) is 125 cm³/mol. The number of nitrogens with zero attached hydrogens (tertiary/aromatic N) is 3. The Hall–Kier alpha value is -3.04. The van der Waals surface area contributed by atoms with Crippen LogP contribution in [0.4, 0.5) is 10.1 Å². The SMILES string of the molecule is CN=Cc1c(N2CC3CC=CC(NC)C3C2)c(F)cc2c(=O)c(C(=O)O)c3sccn3c12. The molecule has 0 spiro atoms. The average Bonchev–Trinajstić information content (AvgIpc) is 3.40. The van der Waals surface area contributed by atoms with Gasteiger partial charge >= 0.3 is 5.97 Å². The molecule has 32 heavy (non-hydrogen) atoms. The topological polar surface area (TPSA) is 86.4 Å². The second kappa shape index (κ2) is 7.83. The third-order valence-electron chi connectivity index (χ3n) is 6.65. The number of carbonyl (C=O) groups is 1. The monoisotopic (exact) mass is 454 g/mol. The molecule has 166 valence electrons. The number of rotatable bonds is 4. The fourth-order valence-electron chi connectivity index (χ4n) is 5.30. The van der Waals surface area contributed by atoms with E-state index >= 15 is 4.39 Å². The van der Waals surface area contributed by atoms with Crippen LogP contribution in [0.1, 0.15) is 22.3 Å². The summed E-state index contributed by atoms with van der Waals surface area (Å²) in [5.74, 6) is -1.10. The molecule has 2 aromatic heterocycles. The van der Waals surface area contributed by atoms with Gasteiger partial charge in [0.1, 0.15) is 16.2 Å². The Labute approximate surface area is 187 Å². The highest BCUT2D eigenvalue weighted by atomic mass is 32.1. The number of aromatic nitrogens is 1. The van der Waals surface area contributed by atoms with Crippen molar-refractivity contribution in [2.24, 2.45) is 16.8 Å². The second-order valence-electron chi connectivity index (χ2n) is 8.30. The minimum absolute atomic E-state index is 0.0424. The number of halogens is 1. The summed E-state index contributed by atoms with van der Waals surface area (Å²) in [7, 11) is 3.54. The standard InChI is InChI=1S/C23H23FN4O3S/c1-25-9-14-19-13(21(29)18(23(30)31)22-28(19)6-7-32-22)8-16(24)20(14)27-10-12-4-3-5-17(26-2)15(12)11-27/h3,5-9,12,15,17,26H,4,10-11H2,1-2H3,(H,30,31). The summed E-state index contributed by atoms with van der Waals surface area (Å²) in [5, 5.41) is 14.7. The van der Waals surface area contributed by atoms with Gasteiger partial charge in [-0.25, -0.2) is 9.18 Å². The van der Waals surface area contributed by atoms with Gasteiger partial charge in [-0.3, -0.25) is 9.79 Å². The zero-order chi connectivity index (χ0) is 22.6. The van der Waals surface area contributed by atoms with Crippen molar-refractivity contribution in [1.82, 2.24) is 9.72 Å². The average molecular weight is 455 g/mol. The highest BCUT2D eigenvalue weighted by Gasteiger charge is 2.39. The molecule has 0 radical (unpaired) electrons. The van der Waals surface area contributed by atoms with Crippen molar-refractivity contribution in [2.45, 2.75) is 12.5 Å². The van der Waals surface area contributed by atoms with Crippen molar-refractivity contribution >= 4 is 44.9 Å². The Morgan fingerprint density at radius 2 is 2.22 bits per heavy atom. The molecule has 3 atom stereocenters. The predicted octanol–water partition coefficient (Wildman–Crippen LogP) is 3.00. The largest absolute Gasteiger partial charge is 0.477 e. The van der Waals surface area contributed by atoms with E-state index in [0.717, 1.165) is 6.42 Å². The lowest BCUT2D eigenvalue weighted by atomic mass is 9.82. The number of carboxylic acid groups (broad SMARTS) is 1. The zero-order valence-corrected chi connectivity index (χ0v) is 18.5. The van der Waals surface area contributed by atoms with Gasteiger partial charge in [-0.15, -0.1) is 11.3 Å². The highest BCUT2D eigenvalue weighted by molar-refractivity contribution is 7.16. The summed E-state index contributed by atoms with van der Waals surface area (Å²) in [5.41, 5.74) is 0.374. The van der Waals surface area contributed by atoms with Gasteiger partial charge in [0.15, 0.2) is 0 Å². The molecule has 0 saturated carbocycles. The molecule has 3 aromatic rings. The number of hydrogen-bond acceptors (Lipinski definition) is 6. The lowest BCUT2D eigenvalue weighted by molar-refractivity contribution is 0.0697. The summed E-state index contributed by atoms with van der Waals surface area (Å²) in [6.45, 7) is 1.39. The number of benzene rings is 1. The van der Waals surface area contributed by atoms with E-state index in [1.807, 2.05) is 11.9 Å². The number of aliphatic imine (C=N–C) groups is 1. The number of carboxylic acids is 1. The number of nitrogens with one attached hydrogen (secondary N) is 1. The highest BCUT2D eigenvalue weighted by Crippen LogP contribution is 2.39. The van der Waals surface area contributed by atoms with Crippen LogP contribution >= 0.6 is 11.3 Å². The molecule has 3 heterocycles. The minimum atomic E-state index is -1.32. The lowest BCUT2D eigenvalue weighted by Crippen LogP contribution is -2.38. The molecule has 0 amide bonds. The van der Waals surface area contributed by atoms with Gasteiger partial charge in [0, 0.05) is 55.5 Å². The minimum Gasteiger partial charge on any atom is -0.477 e. The van der Waals surface area contributed by atoms with Gasteiger partial charge in [0.25, 0.3) is 0 Å². The third kappa shape index (κ3) is 2.99. The maximum atomic E-state index is 15.6. The van der Waals surface area contributed by atoms with Crippen molar-refractivity contribution in [3.8, 4) is 0 Å². The van der Waals surface area contributed by atoms with Crippen molar-refractivity contribution in [3.05, 3.63) is 57.0 Å². The van der Waals surface area contributed by atoms with Crippen LogP contribution in [-0.4, -0.2) is 54.9 Å². The van der Waals surface area contributed by atoms with Crippen LogP contribution in [0.3, 0.4) is 0 Å². The summed E-state index contributed by atoms with van der Waals surface area (Å²) in [6, 6.07) is 1.42. The number of likely N-dealkylation sites (N-methyl/N-ethyl adjacent to an activating group) is 1. The molecule has 2 aliphatic rings. The number of hydrogen-bond donors (Lipinski definition) is 2. The first-order chi connectivity index (χ1) is 15.5. The van der Waals surface area contributed by atoms with E-state index in [1.165, 1.54) is 17.4 Å². The first kappa shape index (κ1) is 20.8. The molecule has 1 fully saturated rings. The third-order valence-corrected chi connectivity index (χ3v) is 7.54. The van der Waals surface area contributed by atoms with E-state index in [4.69, 9.17) is 0 Å². The second-order valence-corrected chi connectivity index (χ2v) is 9.19. The molecule has 3 unspecified atom stereocenters. The molecule has 0 bridgehead atoms. The van der Waals surface area contributed by atoms with Crippen molar-refractivity contribution in [3.63, 3.8) is 0 Å². The number of anilines is 1. The Morgan fingerprint density at radius 3 is 2.94 bits per heavy atom. The molecule has 1 saturated heterocycles. The molecule has 1 aliphatic carbocycles. The molecule has 9 heteroatoms. The summed E-state index contributed by atoms with van der Waals surface area (Å²) < 4.78 is 17.3. The zero-order valence-electron chi connectivity index (χ0n) is 17.7. The van der Waals surface area contributed by atoms with E-state index in [1.54, 1.807) is 29.2 Å².